The van der Waals surface area contributed by atoms with Crippen molar-refractivity contribution in [3.63, 3.8) is 0 Å². The predicted molar refractivity (Wildman–Crippen MR) is 262 cm³/mol. The number of aryl methyl sites for hydroxylation is 1. The molecule has 3 nitrogen and oxygen atoms in total. The van der Waals surface area contributed by atoms with Gasteiger partial charge < -0.3 is 13.8 Å². The zero-order valence-corrected chi connectivity index (χ0v) is 35.7. The van der Waals surface area contributed by atoms with Gasteiger partial charge in [0, 0.05) is 61.3 Å². The molecule has 0 spiro atoms. The molecule has 0 radical (unpaired) electrons. The molecule has 0 saturated carbocycles. The van der Waals surface area contributed by atoms with E-state index in [0.717, 1.165) is 16.6 Å². The van der Waals surface area contributed by atoms with Crippen LogP contribution in [0.4, 0.5) is 17.1 Å². The summed E-state index contributed by atoms with van der Waals surface area (Å²) in [5, 5.41) is 12.6. The van der Waals surface area contributed by atoms with Crippen LogP contribution < -0.4 is 15.8 Å². The zero-order chi connectivity index (χ0) is 41.3. The second-order valence-electron chi connectivity index (χ2n) is 19.8. The Balaban J connectivity index is 1.29. The third kappa shape index (κ3) is 4.65. The lowest BCUT2D eigenvalue weighted by Gasteiger charge is -2.42. The minimum absolute atomic E-state index is 0.0632. The summed E-state index contributed by atoms with van der Waals surface area (Å²) in [7, 11) is 0. The van der Waals surface area contributed by atoms with Crippen LogP contribution >= 0.6 is 0 Å². The van der Waals surface area contributed by atoms with Gasteiger partial charge in [-0.1, -0.05) is 139 Å². The fraction of sp³-hybridized carbons (Fsp3) is 0.158. The highest BCUT2D eigenvalue weighted by atomic mass is 16.3. The van der Waals surface area contributed by atoms with Crippen molar-refractivity contribution in [3.05, 3.63) is 162 Å². The first-order valence-corrected chi connectivity index (χ1v) is 21.8. The van der Waals surface area contributed by atoms with Gasteiger partial charge >= 0.3 is 6.85 Å². The molecule has 0 aliphatic carbocycles. The molecule has 2 aliphatic rings. The molecule has 2 aliphatic heterocycles. The quantitative estimate of drug-likeness (QED) is 0.122. The lowest BCUT2D eigenvalue weighted by molar-refractivity contribution is 0.569. The largest absolute Gasteiger partial charge is 0.456 e. The molecule has 9 aromatic carbocycles. The summed E-state index contributed by atoms with van der Waals surface area (Å²) in [6.45, 7) is 16.3. The second-order valence-corrected chi connectivity index (χ2v) is 19.8. The normalized spacial score (nSPS) is 13.8. The van der Waals surface area contributed by atoms with Crippen molar-refractivity contribution in [1.82, 2.24) is 4.48 Å². The molecule has 0 N–H and O–H groups in total. The van der Waals surface area contributed by atoms with E-state index < -0.39 is 0 Å². The van der Waals surface area contributed by atoms with Crippen LogP contribution in [-0.4, -0.2) is 11.3 Å². The van der Waals surface area contributed by atoms with Crippen LogP contribution in [0, 0.1) is 6.92 Å². The molecule has 0 atom stereocenters. The van der Waals surface area contributed by atoms with Crippen LogP contribution in [0.3, 0.4) is 0 Å². The summed E-state index contributed by atoms with van der Waals surface area (Å²) in [5.41, 5.74) is 17.0. The number of furan rings is 1. The summed E-state index contributed by atoms with van der Waals surface area (Å²) in [4.78, 5) is 2.63. The summed E-state index contributed by atoms with van der Waals surface area (Å²) >= 11 is 0. The Morgan fingerprint density at radius 3 is 1.90 bits per heavy atom. The van der Waals surface area contributed by atoms with Gasteiger partial charge in [-0.2, -0.15) is 0 Å². The number of anilines is 3. The molecule has 0 unspecified atom stereocenters. The van der Waals surface area contributed by atoms with Crippen LogP contribution in [0.25, 0.3) is 87.2 Å². The fourth-order valence-corrected chi connectivity index (χ4v) is 11.2. The Morgan fingerprint density at radius 1 is 0.525 bits per heavy atom. The van der Waals surface area contributed by atoms with Gasteiger partial charge in [-0.3, -0.25) is 0 Å². The first kappa shape index (κ1) is 35.0. The van der Waals surface area contributed by atoms with Crippen molar-refractivity contribution in [2.75, 3.05) is 4.90 Å². The van der Waals surface area contributed by atoms with Crippen LogP contribution in [0.1, 0.15) is 58.2 Å². The van der Waals surface area contributed by atoms with Crippen molar-refractivity contribution in [3.8, 4) is 11.1 Å². The average molecular weight is 785 g/mol. The first-order chi connectivity index (χ1) is 29.4. The molecular formula is C57H45BN2O. The summed E-state index contributed by atoms with van der Waals surface area (Å²) < 4.78 is 9.70. The topological polar surface area (TPSA) is 21.3 Å². The highest BCUT2D eigenvalue weighted by Crippen LogP contribution is 2.52. The maximum atomic E-state index is 6.99. The number of rotatable bonds is 1. The molecule has 0 bridgehead atoms. The van der Waals surface area contributed by atoms with Crippen LogP contribution in [0.15, 0.2) is 150 Å². The number of hydrogen-bond donors (Lipinski definition) is 0. The molecule has 4 heterocycles. The number of aromatic nitrogens is 1. The monoisotopic (exact) mass is 784 g/mol. The Hall–Kier alpha value is -6.78. The molecule has 61 heavy (non-hydrogen) atoms. The number of fused-ring (bicyclic) bond motifs is 15. The SMILES string of the molecule is Cc1c2c(cc3cc4ccccc4cc13)B1c3c(cc4oc5ccccc5c4c3-c3cc4ccccc4c4c5ccccc5n1c34)N2c1cc(C(C)(C)C)cc(C(C)(C)C)c1. The minimum Gasteiger partial charge on any atom is -0.456 e. The van der Waals surface area contributed by atoms with E-state index in [4.69, 9.17) is 4.42 Å². The van der Waals surface area contributed by atoms with Gasteiger partial charge in [0.25, 0.3) is 0 Å². The molecule has 2 aromatic heterocycles. The Kier molecular flexibility index (Phi) is 6.74. The van der Waals surface area contributed by atoms with Gasteiger partial charge in [0.1, 0.15) is 11.2 Å². The third-order valence-corrected chi connectivity index (χ3v) is 14.1. The maximum absolute atomic E-state index is 6.99. The van der Waals surface area contributed by atoms with E-state index in [1.54, 1.807) is 0 Å². The number of para-hydroxylation sites is 2. The molecule has 13 rings (SSSR count). The average Bonchev–Trinajstić information content (AvgIpc) is 3.80. The number of nitrogens with zero attached hydrogens (tertiary/aromatic N) is 2. The Morgan fingerprint density at radius 2 is 1.16 bits per heavy atom. The van der Waals surface area contributed by atoms with E-state index in [0.29, 0.717) is 0 Å². The van der Waals surface area contributed by atoms with Gasteiger partial charge in [0.2, 0.25) is 0 Å². The van der Waals surface area contributed by atoms with Gasteiger partial charge in [-0.25, -0.2) is 0 Å². The highest BCUT2D eigenvalue weighted by molar-refractivity contribution is 6.90. The van der Waals surface area contributed by atoms with Crippen LogP contribution in [0.2, 0.25) is 0 Å². The van der Waals surface area contributed by atoms with E-state index in [-0.39, 0.29) is 17.7 Å². The van der Waals surface area contributed by atoms with Gasteiger partial charge in [-0.05, 0) is 126 Å². The van der Waals surface area contributed by atoms with E-state index in [1.165, 1.54) is 115 Å². The summed E-state index contributed by atoms with van der Waals surface area (Å²) in [5.74, 6) is 0. The lowest BCUT2D eigenvalue weighted by Crippen LogP contribution is -2.57. The lowest BCUT2D eigenvalue weighted by atomic mass is 9.44. The summed E-state index contributed by atoms with van der Waals surface area (Å²) in [6, 6.07) is 55.1. The van der Waals surface area contributed by atoms with E-state index >= 15 is 0 Å². The predicted octanol–water partition coefficient (Wildman–Crippen LogP) is 14.5. The van der Waals surface area contributed by atoms with Crippen molar-refractivity contribution >= 4 is 111 Å². The van der Waals surface area contributed by atoms with E-state index in [2.05, 4.69) is 203 Å². The fourth-order valence-electron chi connectivity index (χ4n) is 11.2. The second kappa shape index (κ2) is 11.7. The van der Waals surface area contributed by atoms with Crippen molar-refractivity contribution in [2.24, 2.45) is 0 Å². The molecular weight excluding hydrogens is 739 g/mol. The number of benzene rings is 9. The maximum Gasteiger partial charge on any atom is 0.333 e. The molecule has 0 fully saturated rings. The van der Waals surface area contributed by atoms with Crippen molar-refractivity contribution in [2.45, 2.75) is 59.3 Å². The third-order valence-electron chi connectivity index (χ3n) is 14.1. The smallest absolute Gasteiger partial charge is 0.333 e. The standard InChI is InChI=1S/C57H45BN2O/c1-32-43-25-34-17-9-8-16-33(34)24-36(43)27-45-54(32)59(39-29-37(56(2,3)4)28-38(30-39)57(5,6)7)47-31-49-51(42-21-13-15-23-48(42)61-49)52-44-26-35-18-10-11-19-40(35)50-41-20-12-14-22-46(41)60(55(44)50)58(45)53(47)52/h8-31H,1-7H3. The van der Waals surface area contributed by atoms with Gasteiger partial charge in [0.05, 0.1) is 0 Å². The van der Waals surface area contributed by atoms with Crippen LogP contribution in [-0.2, 0) is 10.8 Å². The Bertz CT molecular complexity index is 3720. The van der Waals surface area contributed by atoms with Crippen molar-refractivity contribution in [1.29, 1.82) is 0 Å². The van der Waals surface area contributed by atoms with E-state index in [9.17, 15) is 0 Å². The van der Waals surface area contributed by atoms with Crippen LogP contribution in [0.5, 0.6) is 0 Å². The summed E-state index contributed by atoms with van der Waals surface area (Å²) in [6.07, 6.45) is 0. The van der Waals surface area contributed by atoms with Gasteiger partial charge in [0.15, 0.2) is 0 Å². The van der Waals surface area contributed by atoms with E-state index in [1.807, 2.05) is 0 Å². The molecule has 292 valence electrons. The van der Waals surface area contributed by atoms with Gasteiger partial charge in [-0.15, -0.1) is 0 Å². The molecule has 0 amide bonds. The highest BCUT2D eigenvalue weighted by Gasteiger charge is 2.45. The Labute approximate surface area is 355 Å². The molecule has 11 aromatic rings. The molecule has 0 saturated heterocycles. The van der Waals surface area contributed by atoms with Crippen molar-refractivity contribution < 1.29 is 4.42 Å². The number of hydrogen-bond acceptors (Lipinski definition) is 2. The zero-order valence-electron chi connectivity index (χ0n) is 35.7. The first-order valence-electron chi connectivity index (χ1n) is 21.8. The minimum atomic E-state index is -0.104. The molecule has 4 heteroatoms.